The van der Waals surface area contributed by atoms with E-state index in [4.69, 9.17) is 4.18 Å². The number of rotatable bonds is 3. The van der Waals surface area contributed by atoms with Crippen molar-refractivity contribution in [2.45, 2.75) is 45.5 Å². The summed E-state index contributed by atoms with van der Waals surface area (Å²) in [6, 6.07) is 0. The molecule has 2 nitrogen and oxygen atoms in total. The van der Waals surface area contributed by atoms with Gasteiger partial charge in [0.05, 0.1) is 10.9 Å². The highest BCUT2D eigenvalue weighted by molar-refractivity contribution is 7.81. The molecular formula is C9H18O2S. The summed E-state index contributed by atoms with van der Waals surface area (Å²) < 4.78 is 16.3. The van der Waals surface area contributed by atoms with Crippen molar-refractivity contribution < 1.29 is 8.39 Å². The van der Waals surface area contributed by atoms with Gasteiger partial charge in [0.2, 0.25) is 0 Å². The topological polar surface area (TPSA) is 26.3 Å². The van der Waals surface area contributed by atoms with Gasteiger partial charge >= 0.3 is 0 Å². The Kier molecular flexibility index (Phi) is 4.71. The van der Waals surface area contributed by atoms with E-state index in [2.05, 4.69) is 0 Å². The van der Waals surface area contributed by atoms with Gasteiger partial charge < -0.3 is 0 Å². The van der Waals surface area contributed by atoms with Crippen LogP contribution in [0.3, 0.4) is 0 Å². The molecule has 0 saturated heterocycles. The summed E-state index contributed by atoms with van der Waals surface area (Å²) in [6.07, 6.45) is 3.70. The Hall–Kier alpha value is -0.150. The van der Waals surface area contributed by atoms with E-state index in [-0.39, 0.29) is 10.9 Å². The predicted octanol–water partition coefficient (Wildman–Crippen LogP) is 2.43. The van der Waals surface area contributed by atoms with E-state index in [0.29, 0.717) is 0 Å². The first-order valence-electron chi connectivity index (χ1n) is 4.09. The highest BCUT2D eigenvalue weighted by Crippen LogP contribution is 2.14. The van der Waals surface area contributed by atoms with Crippen LogP contribution in [-0.2, 0) is 15.3 Å². The van der Waals surface area contributed by atoms with Gasteiger partial charge in [-0.25, -0.2) is 4.21 Å². The fourth-order valence-electron chi connectivity index (χ4n) is 0.585. The molecule has 0 aromatic rings. The Morgan fingerprint density at radius 3 is 2.25 bits per heavy atom. The lowest BCUT2D eigenvalue weighted by Gasteiger charge is -2.18. The molecule has 3 heteroatoms. The molecule has 12 heavy (non-hydrogen) atoms. The summed E-state index contributed by atoms with van der Waals surface area (Å²) in [4.78, 5) is 0. The van der Waals surface area contributed by atoms with Crippen molar-refractivity contribution in [2.75, 3.05) is 0 Å². The molecule has 0 rings (SSSR count). The molecule has 0 saturated carbocycles. The third-order valence-electron chi connectivity index (χ3n) is 1.20. The van der Waals surface area contributed by atoms with Crippen LogP contribution < -0.4 is 0 Å². The van der Waals surface area contributed by atoms with Crippen LogP contribution in [-0.4, -0.2) is 15.1 Å². The highest BCUT2D eigenvalue weighted by Gasteiger charge is 2.21. The van der Waals surface area contributed by atoms with E-state index < -0.39 is 11.1 Å². The van der Waals surface area contributed by atoms with E-state index >= 15 is 0 Å². The Labute approximate surface area is 77.7 Å². The Morgan fingerprint density at radius 1 is 1.42 bits per heavy atom. The molecule has 0 aliphatic rings. The van der Waals surface area contributed by atoms with Crippen LogP contribution in [0.15, 0.2) is 12.2 Å². The summed E-state index contributed by atoms with van der Waals surface area (Å²) in [5, 5.41) is 0. The first kappa shape index (κ1) is 11.8. The van der Waals surface area contributed by atoms with Crippen molar-refractivity contribution in [3.05, 3.63) is 12.2 Å². The van der Waals surface area contributed by atoms with Crippen LogP contribution in [0.1, 0.15) is 34.6 Å². The second-order valence-electron chi connectivity index (χ2n) is 3.67. The monoisotopic (exact) mass is 190 g/mol. The number of hydrogen-bond donors (Lipinski definition) is 0. The molecule has 2 unspecified atom stereocenters. The first-order chi connectivity index (χ1) is 5.38. The van der Waals surface area contributed by atoms with Gasteiger partial charge in [-0.05, 0) is 34.6 Å². The maximum atomic E-state index is 11.4. The third kappa shape index (κ3) is 4.67. The Bertz CT molecular complexity index is 179. The predicted molar refractivity (Wildman–Crippen MR) is 53.3 cm³/mol. The second kappa shape index (κ2) is 4.77. The summed E-state index contributed by atoms with van der Waals surface area (Å²) in [5.74, 6) is 0. The molecule has 0 spiro atoms. The fraction of sp³-hybridized carbons (Fsp3) is 0.778. The van der Waals surface area contributed by atoms with Crippen molar-refractivity contribution >= 4 is 11.1 Å². The minimum Gasteiger partial charge on any atom is -0.283 e. The van der Waals surface area contributed by atoms with Gasteiger partial charge in [0.1, 0.15) is 0 Å². The number of hydrogen-bond acceptors (Lipinski definition) is 2. The Balaban J connectivity index is 4.02. The molecule has 0 bridgehead atoms. The highest BCUT2D eigenvalue weighted by atomic mass is 32.2. The maximum absolute atomic E-state index is 11.4. The van der Waals surface area contributed by atoms with E-state index in [0.717, 1.165) is 0 Å². The van der Waals surface area contributed by atoms with Crippen LogP contribution >= 0.6 is 0 Å². The largest absolute Gasteiger partial charge is 0.283 e. The fourth-order valence-corrected chi connectivity index (χ4v) is 1.21. The molecule has 0 heterocycles. The minimum atomic E-state index is -1.22. The SMILES string of the molecule is C/C=C/C(C)OS(=O)C(C)(C)C. The third-order valence-corrected chi connectivity index (χ3v) is 2.68. The smallest absolute Gasteiger partial charge is 0.161 e. The van der Waals surface area contributed by atoms with Gasteiger partial charge in [-0.2, -0.15) is 0 Å². The van der Waals surface area contributed by atoms with Crippen molar-refractivity contribution in [3.63, 3.8) is 0 Å². The summed E-state index contributed by atoms with van der Waals surface area (Å²) >= 11 is -1.22. The zero-order valence-corrected chi connectivity index (χ0v) is 9.27. The molecule has 0 aromatic carbocycles. The lowest BCUT2D eigenvalue weighted by atomic mass is 10.3. The zero-order chi connectivity index (χ0) is 9.78. The summed E-state index contributed by atoms with van der Waals surface area (Å²) in [6.45, 7) is 9.48. The van der Waals surface area contributed by atoms with Gasteiger partial charge in [0, 0.05) is 0 Å². The van der Waals surface area contributed by atoms with Crippen LogP contribution in [0.2, 0.25) is 0 Å². The van der Waals surface area contributed by atoms with Crippen molar-refractivity contribution in [3.8, 4) is 0 Å². The van der Waals surface area contributed by atoms with Crippen molar-refractivity contribution in [1.82, 2.24) is 0 Å². The van der Waals surface area contributed by atoms with Crippen LogP contribution in [0.4, 0.5) is 0 Å². The molecule has 0 aliphatic heterocycles. The summed E-state index contributed by atoms with van der Waals surface area (Å²) in [5.41, 5.74) is 0. The van der Waals surface area contributed by atoms with Crippen LogP contribution in [0.5, 0.6) is 0 Å². The van der Waals surface area contributed by atoms with Crippen LogP contribution in [0.25, 0.3) is 0 Å². The standard InChI is InChI=1S/C9H18O2S/c1-6-7-8(2)11-12(10)9(3,4)5/h6-8H,1-5H3/b7-6+. The van der Waals surface area contributed by atoms with E-state index in [9.17, 15) is 4.21 Å². The molecule has 0 N–H and O–H groups in total. The van der Waals surface area contributed by atoms with Crippen LogP contribution in [0, 0.1) is 0 Å². The van der Waals surface area contributed by atoms with Crippen molar-refractivity contribution in [1.29, 1.82) is 0 Å². The van der Waals surface area contributed by atoms with Gasteiger partial charge in [-0.1, -0.05) is 12.2 Å². The lowest BCUT2D eigenvalue weighted by Crippen LogP contribution is -2.26. The average Bonchev–Trinajstić information content (AvgIpc) is 1.85. The maximum Gasteiger partial charge on any atom is 0.161 e. The van der Waals surface area contributed by atoms with Gasteiger partial charge in [-0.15, -0.1) is 0 Å². The van der Waals surface area contributed by atoms with Gasteiger partial charge in [0.15, 0.2) is 11.1 Å². The molecule has 2 atom stereocenters. The second-order valence-corrected chi connectivity index (χ2v) is 5.56. The molecule has 0 aromatic heterocycles. The number of allylic oxidation sites excluding steroid dienone is 1. The Morgan fingerprint density at radius 2 is 1.92 bits per heavy atom. The molecule has 0 aliphatic carbocycles. The summed E-state index contributed by atoms with van der Waals surface area (Å²) in [7, 11) is 0. The first-order valence-corrected chi connectivity index (χ1v) is 5.17. The van der Waals surface area contributed by atoms with Crippen molar-refractivity contribution in [2.24, 2.45) is 0 Å². The lowest BCUT2D eigenvalue weighted by molar-refractivity contribution is 0.290. The van der Waals surface area contributed by atoms with E-state index in [1.807, 2.05) is 46.8 Å². The normalized spacial score (nSPS) is 18.1. The zero-order valence-electron chi connectivity index (χ0n) is 8.46. The minimum absolute atomic E-state index is 0.0740. The van der Waals surface area contributed by atoms with Gasteiger partial charge in [0.25, 0.3) is 0 Å². The molecule has 0 radical (unpaired) electrons. The molecule has 0 amide bonds. The molecular weight excluding hydrogens is 172 g/mol. The average molecular weight is 190 g/mol. The van der Waals surface area contributed by atoms with Gasteiger partial charge in [-0.3, -0.25) is 4.18 Å². The quantitative estimate of drug-likeness (QED) is 0.639. The molecule has 0 fully saturated rings. The molecule has 72 valence electrons. The van der Waals surface area contributed by atoms with E-state index in [1.54, 1.807) is 0 Å². The van der Waals surface area contributed by atoms with E-state index in [1.165, 1.54) is 0 Å².